The minimum Gasteiger partial charge on any atom is -0.300 e. The molecule has 0 aliphatic heterocycles. The van der Waals surface area contributed by atoms with Gasteiger partial charge >= 0.3 is 0 Å². The number of nitrogens with zero attached hydrogens (tertiary/aromatic N) is 2. The Morgan fingerprint density at radius 2 is 1.39 bits per heavy atom. The lowest BCUT2D eigenvalue weighted by Crippen LogP contribution is -2.40. The van der Waals surface area contributed by atoms with Crippen LogP contribution in [0, 0.1) is 0 Å². The standard InChI is InChI=1S/C33H56N2S/c1-3-5-7-9-11-12-14-21-27-35(30-23-17-15-18-24-30)28-29(22-16-13-10-8-6-4-2)33-34-31-25-19-20-26-32(31)36-33/h19-20,25-26,29-30H,3-18,21-24,27-28H2,1-2H3. The van der Waals surface area contributed by atoms with Gasteiger partial charge in [0.05, 0.1) is 15.2 Å². The van der Waals surface area contributed by atoms with E-state index in [1.807, 2.05) is 11.3 Å². The lowest BCUT2D eigenvalue weighted by atomic mass is 9.92. The summed E-state index contributed by atoms with van der Waals surface area (Å²) >= 11 is 1.97. The van der Waals surface area contributed by atoms with E-state index in [0.717, 1.165) is 6.04 Å². The lowest BCUT2D eigenvalue weighted by molar-refractivity contribution is 0.141. The highest BCUT2D eigenvalue weighted by atomic mass is 32.1. The second-order valence-electron chi connectivity index (χ2n) is 11.5. The minimum atomic E-state index is 0.601. The predicted molar refractivity (Wildman–Crippen MR) is 161 cm³/mol. The van der Waals surface area contributed by atoms with E-state index in [1.54, 1.807) is 0 Å². The molecule has 0 saturated heterocycles. The number of hydrogen-bond donors (Lipinski definition) is 0. The zero-order valence-electron chi connectivity index (χ0n) is 23.8. The molecule has 0 radical (unpaired) electrons. The van der Waals surface area contributed by atoms with Crippen LogP contribution < -0.4 is 0 Å². The summed E-state index contributed by atoms with van der Waals surface area (Å²) in [5.74, 6) is 0.601. The molecule has 1 aromatic carbocycles. The molecule has 204 valence electrons. The van der Waals surface area contributed by atoms with E-state index in [4.69, 9.17) is 4.98 Å². The second kappa shape index (κ2) is 18.3. The third-order valence-corrected chi connectivity index (χ3v) is 9.61. The van der Waals surface area contributed by atoms with Crippen LogP contribution >= 0.6 is 11.3 Å². The van der Waals surface area contributed by atoms with Crippen molar-refractivity contribution in [3.05, 3.63) is 29.3 Å². The second-order valence-corrected chi connectivity index (χ2v) is 12.6. The fourth-order valence-corrected chi connectivity index (χ4v) is 7.22. The summed E-state index contributed by atoms with van der Waals surface area (Å²) in [7, 11) is 0. The van der Waals surface area contributed by atoms with Crippen molar-refractivity contribution in [2.24, 2.45) is 0 Å². The van der Waals surface area contributed by atoms with Crippen molar-refractivity contribution in [3.63, 3.8) is 0 Å². The van der Waals surface area contributed by atoms with Gasteiger partial charge in [0.25, 0.3) is 0 Å². The van der Waals surface area contributed by atoms with Gasteiger partial charge < -0.3 is 0 Å². The van der Waals surface area contributed by atoms with E-state index in [2.05, 4.69) is 43.0 Å². The number of para-hydroxylation sites is 1. The van der Waals surface area contributed by atoms with Crippen LogP contribution in [0.1, 0.15) is 153 Å². The van der Waals surface area contributed by atoms with Crippen molar-refractivity contribution < 1.29 is 0 Å². The number of unbranched alkanes of at least 4 members (excludes halogenated alkanes) is 12. The quantitative estimate of drug-likeness (QED) is 0.164. The third-order valence-electron chi connectivity index (χ3n) is 8.41. The van der Waals surface area contributed by atoms with Gasteiger partial charge in [-0.1, -0.05) is 129 Å². The fourth-order valence-electron chi connectivity index (χ4n) is 6.13. The average Bonchev–Trinajstić information content (AvgIpc) is 3.35. The summed E-state index contributed by atoms with van der Waals surface area (Å²) in [6.07, 6.45) is 28.1. The topological polar surface area (TPSA) is 16.1 Å². The first-order valence-corrected chi connectivity index (χ1v) is 16.7. The number of thiazole rings is 1. The van der Waals surface area contributed by atoms with Crippen molar-refractivity contribution >= 4 is 21.6 Å². The Bertz CT molecular complexity index is 761. The summed E-state index contributed by atoms with van der Waals surface area (Å²) in [6.45, 7) is 7.16. The van der Waals surface area contributed by atoms with Crippen molar-refractivity contribution in [2.45, 2.75) is 154 Å². The molecule has 3 rings (SSSR count). The van der Waals surface area contributed by atoms with Gasteiger partial charge in [0.15, 0.2) is 0 Å². The normalized spacial score (nSPS) is 15.8. The van der Waals surface area contributed by atoms with Crippen LogP contribution in [0.25, 0.3) is 10.2 Å². The number of aromatic nitrogens is 1. The van der Waals surface area contributed by atoms with Crippen LogP contribution in [0.3, 0.4) is 0 Å². The zero-order valence-corrected chi connectivity index (χ0v) is 24.6. The van der Waals surface area contributed by atoms with E-state index in [9.17, 15) is 0 Å². The summed E-state index contributed by atoms with van der Waals surface area (Å²) in [5, 5.41) is 1.40. The molecule has 2 nitrogen and oxygen atoms in total. The molecule has 0 amide bonds. The number of hydrogen-bond acceptors (Lipinski definition) is 3. The molecular weight excluding hydrogens is 456 g/mol. The van der Waals surface area contributed by atoms with Gasteiger partial charge in [-0.25, -0.2) is 4.98 Å². The van der Waals surface area contributed by atoms with Crippen LogP contribution in [-0.4, -0.2) is 29.0 Å². The summed E-state index contributed by atoms with van der Waals surface area (Å²) in [6, 6.07) is 9.59. The fraction of sp³-hybridized carbons (Fsp3) is 0.788. The molecule has 2 aromatic rings. The van der Waals surface area contributed by atoms with Gasteiger partial charge in [-0.05, 0) is 44.4 Å². The highest BCUT2D eigenvalue weighted by molar-refractivity contribution is 7.18. The number of fused-ring (bicyclic) bond motifs is 1. The highest BCUT2D eigenvalue weighted by Gasteiger charge is 2.26. The first-order valence-electron chi connectivity index (χ1n) is 15.9. The molecule has 3 heteroatoms. The van der Waals surface area contributed by atoms with Gasteiger partial charge in [0, 0.05) is 18.5 Å². The van der Waals surface area contributed by atoms with Gasteiger partial charge in [-0.15, -0.1) is 11.3 Å². The maximum Gasteiger partial charge on any atom is 0.0982 e. The van der Waals surface area contributed by atoms with E-state index in [0.29, 0.717) is 5.92 Å². The van der Waals surface area contributed by atoms with Gasteiger partial charge in [-0.2, -0.15) is 0 Å². The SMILES string of the molecule is CCCCCCCCCCN(CC(CCCCCCCC)c1nc2ccccc2s1)C1CCCCC1. The molecule has 1 aliphatic rings. The summed E-state index contributed by atoms with van der Waals surface area (Å²) in [5.41, 5.74) is 1.21. The Labute approximate surface area is 227 Å². The third kappa shape index (κ3) is 10.8. The van der Waals surface area contributed by atoms with Crippen LogP contribution in [0.2, 0.25) is 0 Å². The Balaban J connectivity index is 1.59. The first kappa shape index (κ1) is 29.6. The molecule has 1 aromatic heterocycles. The van der Waals surface area contributed by atoms with Crippen molar-refractivity contribution in [1.29, 1.82) is 0 Å². The Kier molecular flexibility index (Phi) is 15.1. The minimum absolute atomic E-state index is 0.601. The number of benzene rings is 1. The largest absolute Gasteiger partial charge is 0.300 e. The van der Waals surface area contributed by atoms with E-state index >= 15 is 0 Å². The molecule has 0 N–H and O–H groups in total. The first-order chi connectivity index (χ1) is 17.8. The summed E-state index contributed by atoms with van der Waals surface area (Å²) < 4.78 is 1.37. The van der Waals surface area contributed by atoms with E-state index < -0.39 is 0 Å². The van der Waals surface area contributed by atoms with Crippen molar-refractivity contribution in [3.8, 4) is 0 Å². The van der Waals surface area contributed by atoms with Crippen LogP contribution in [-0.2, 0) is 0 Å². The predicted octanol–water partition coefficient (Wildman–Crippen LogP) is 10.9. The van der Waals surface area contributed by atoms with Crippen molar-refractivity contribution in [1.82, 2.24) is 9.88 Å². The molecule has 36 heavy (non-hydrogen) atoms. The Hall–Kier alpha value is -0.930. The van der Waals surface area contributed by atoms with Crippen LogP contribution in [0.5, 0.6) is 0 Å². The molecule has 1 saturated carbocycles. The zero-order chi connectivity index (χ0) is 25.3. The lowest BCUT2D eigenvalue weighted by Gasteiger charge is -2.36. The molecule has 0 spiro atoms. The summed E-state index contributed by atoms with van der Waals surface area (Å²) in [4.78, 5) is 8.11. The van der Waals surface area contributed by atoms with Gasteiger partial charge in [-0.3, -0.25) is 4.90 Å². The van der Waals surface area contributed by atoms with Crippen molar-refractivity contribution in [2.75, 3.05) is 13.1 Å². The molecular formula is C33H56N2S. The molecule has 0 bridgehead atoms. The average molecular weight is 513 g/mol. The smallest absolute Gasteiger partial charge is 0.0982 e. The molecule has 1 atom stereocenters. The molecule has 1 aliphatic carbocycles. The van der Waals surface area contributed by atoms with E-state index in [-0.39, 0.29) is 0 Å². The Morgan fingerprint density at radius 1 is 0.778 bits per heavy atom. The highest BCUT2D eigenvalue weighted by Crippen LogP contribution is 2.33. The monoisotopic (exact) mass is 512 g/mol. The molecule has 1 fully saturated rings. The van der Waals surface area contributed by atoms with Gasteiger partial charge in [0.1, 0.15) is 0 Å². The molecule has 1 unspecified atom stereocenters. The maximum absolute atomic E-state index is 5.18. The van der Waals surface area contributed by atoms with Crippen LogP contribution in [0.4, 0.5) is 0 Å². The molecule has 1 heterocycles. The van der Waals surface area contributed by atoms with E-state index in [1.165, 1.54) is 157 Å². The number of rotatable bonds is 20. The van der Waals surface area contributed by atoms with Gasteiger partial charge in [0.2, 0.25) is 0 Å². The maximum atomic E-state index is 5.18. The van der Waals surface area contributed by atoms with Crippen LogP contribution in [0.15, 0.2) is 24.3 Å². The Morgan fingerprint density at radius 3 is 2.06 bits per heavy atom.